The largest absolute Gasteiger partial charge is 0.407 e. The Bertz CT molecular complexity index is 426. The first-order valence-electron chi connectivity index (χ1n) is 5.16. The Balaban J connectivity index is 2.07. The predicted molar refractivity (Wildman–Crippen MR) is 63.2 cm³/mol. The van der Waals surface area contributed by atoms with Crippen LogP contribution in [0, 0.1) is 0 Å². The second kappa shape index (κ2) is 5.09. The molecule has 5 nitrogen and oxygen atoms in total. The molecule has 1 atom stereocenters. The molecule has 0 saturated carbocycles. The summed E-state index contributed by atoms with van der Waals surface area (Å²) in [4.78, 5) is 1.26. The molecular weight excluding hydrogens is 224 g/mol. The average molecular weight is 238 g/mol. The van der Waals surface area contributed by atoms with Crippen LogP contribution in [-0.4, -0.2) is 10.2 Å². The molecule has 2 aromatic heterocycles. The number of aromatic nitrogens is 2. The molecule has 0 radical (unpaired) electrons. The van der Waals surface area contributed by atoms with Gasteiger partial charge in [-0.05, 0) is 17.9 Å². The number of hydrogen-bond acceptors (Lipinski definition) is 6. The first-order chi connectivity index (χ1) is 7.83. The van der Waals surface area contributed by atoms with E-state index in [9.17, 15) is 0 Å². The van der Waals surface area contributed by atoms with Crippen LogP contribution in [-0.2, 0) is 6.54 Å². The maximum Gasteiger partial charge on any atom is 0.316 e. The quantitative estimate of drug-likeness (QED) is 0.834. The highest BCUT2D eigenvalue weighted by Gasteiger charge is 2.13. The summed E-state index contributed by atoms with van der Waals surface area (Å²) in [5.74, 6) is 0.448. The Morgan fingerprint density at radius 2 is 2.44 bits per heavy atom. The highest BCUT2D eigenvalue weighted by atomic mass is 32.1. The van der Waals surface area contributed by atoms with Gasteiger partial charge in [-0.1, -0.05) is 18.1 Å². The standard InChI is InChI=1S/C10H14N4OS/c1-2-7(8-4-3-5-16-8)12-10-14-13-9(6-11)15-10/h3-5,7H,2,6,11H2,1H3,(H,12,14). The third-order valence-corrected chi connectivity index (χ3v) is 3.22. The minimum atomic E-state index is 0.214. The van der Waals surface area contributed by atoms with Crippen molar-refractivity contribution in [2.24, 2.45) is 5.73 Å². The molecule has 16 heavy (non-hydrogen) atoms. The summed E-state index contributed by atoms with van der Waals surface area (Å²) in [5.41, 5.74) is 5.40. The molecule has 2 aromatic rings. The van der Waals surface area contributed by atoms with Crippen LogP contribution in [0.2, 0.25) is 0 Å². The van der Waals surface area contributed by atoms with Gasteiger partial charge in [0.25, 0.3) is 0 Å². The molecule has 0 bridgehead atoms. The highest BCUT2D eigenvalue weighted by Crippen LogP contribution is 2.25. The van der Waals surface area contributed by atoms with Crippen LogP contribution in [0.15, 0.2) is 21.9 Å². The zero-order chi connectivity index (χ0) is 11.4. The zero-order valence-corrected chi connectivity index (χ0v) is 9.83. The van der Waals surface area contributed by atoms with Gasteiger partial charge in [0, 0.05) is 4.88 Å². The van der Waals surface area contributed by atoms with Gasteiger partial charge < -0.3 is 15.5 Å². The molecule has 0 aliphatic rings. The van der Waals surface area contributed by atoms with Gasteiger partial charge in [-0.2, -0.15) is 0 Å². The lowest BCUT2D eigenvalue weighted by Crippen LogP contribution is -2.08. The van der Waals surface area contributed by atoms with Crippen molar-refractivity contribution in [1.29, 1.82) is 0 Å². The number of rotatable bonds is 5. The number of nitrogens with two attached hydrogens (primary N) is 1. The highest BCUT2D eigenvalue weighted by molar-refractivity contribution is 7.10. The summed E-state index contributed by atoms with van der Waals surface area (Å²) in [5, 5.41) is 12.9. The molecule has 0 aliphatic carbocycles. The van der Waals surface area contributed by atoms with Gasteiger partial charge in [-0.15, -0.1) is 16.4 Å². The maximum absolute atomic E-state index is 5.40. The summed E-state index contributed by atoms with van der Waals surface area (Å²) < 4.78 is 5.31. The SMILES string of the molecule is CCC(Nc1nnc(CN)o1)c1cccs1. The van der Waals surface area contributed by atoms with Gasteiger partial charge in [0.15, 0.2) is 0 Å². The Labute approximate surface area is 97.7 Å². The Kier molecular flexibility index (Phi) is 3.53. The van der Waals surface area contributed by atoms with E-state index in [1.165, 1.54) is 4.88 Å². The van der Waals surface area contributed by atoms with Gasteiger partial charge in [-0.3, -0.25) is 0 Å². The summed E-state index contributed by atoms with van der Waals surface area (Å²) in [6.45, 7) is 2.38. The second-order valence-corrected chi connectivity index (χ2v) is 4.30. The molecule has 0 aromatic carbocycles. The van der Waals surface area contributed by atoms with Crippen LogP contribution in [0.1, 0.15) is 30.2 Å². The predicted octanol–water partition coefficient (Wildman–Crippen LogP) is 2.15. The lowest BCUT2D eigenvalue weighted by atomic mass is 10.2. The number of nitrogens with one attached hydrogen (secondary N) is 1. The monoisotopic (exact) mass is 238 g/mol. The van der Waals surface area contributed by atoms with Crippen molar-refractivity contribution in [3.8, 4) is 0 Å². The van der Waals surface area contributed by atoms with E-state index in [-0.39, 0.29) is 12.6 Å². The second-order valence-electron chi connectivity index (χ2n) is 3.33. The molecule has 6 heteroatoms. The van der Waals surface area contributed by atoms with Crippen LogP contribution in [0.25, 0.3) is 0 Å². The van der Waals surface area contributed by atoms with E-state index in [4.69, 9.17) is 10.2 Å². The minimum absolute atomic E-state index is 0.214. The summed E-state index contributed by atoms with van der Waals surface area (Å²) in [6, 6.07) is 4.77. The van der Waals surface area contributed by atoms with Crippen molar-refractivity contribution in [2.75, 3.05) is 5.32 Å². The fourth-order valence-electron chi connectivity index (χ4n) is 1.41. The van der Waals surface area contributed by atoms with E-state index in [0.717, 1.165) is 6.42 Å². The van der Waals surface area contributed by atoms with Gasteiger partial charge in [-0.25, -0.2) is 0 Å². The van der Waals surface area contributed by atoms with Crippen molar-refractivity contribution in [3.63, 3.8) is 0 Å². The Morgan fingerprint density at radius 1 is 1.56 bits per heavy atom. The van der Waals surface area contributed by atoms with Gasteiger partial charge in [0.1, 0.15) is 0 Å². The summed E-state index contributed by atoms with van der Waals surface area (Å²) >= 11 is 1.71. The fraction of sp³-hybridized carbons (Fsp3) is 0.400. The number of thiophene rings is 1. The molecule has 3 N–H and O–H groups in total. The van der Waals surface area contributed by atoms with Crippen molar-refractivity contribution >= 4 is 17.4 Å². The Morgan fingerprint density at radius 3 is 3.00 bits per heavy atom. The van der Waals surface area contributed by atoms with Crippen LogP contribution in [0.5, 0.6) is 0 Å². The smallest absolute Gasteiger partial charge is 0.316 e. The van der Waals surface area contributed by atoms with Gasteiger partial charge in [0.2, 0.25) is 5.89 Å². The lowest BCUT2D eigenvalue weighted by Gasteiger charge is -2.12. The minimum Gasteiger partial charge on any atom is -0.407 e. The molecule has 0 amide bonds. The molecular formula is C10H14N4OS. The van der Waals surface area contributed by atoms with Crippen LogP contribution >= 0.6 is 11.3 Å². The van der Waals surface area contributed by atoms with E-state index in [0.29, 0.717) is 11.9 Å². The van der Waals surface area contributed by atoms with Gasteiger partial charge >= 0.3 is 6.01 Å². The first-order valence-corrected chi connectivity index (χ1v) is 6.03. The first kappa shape index (κ1) is 11.1. The number of nitrogens with zero attached hydrogens (tertiary/aromatic N) is 2. The van der Waals surface area contributed by atoms with Crippen LogP contribution < -0.4 is 11.1 Å². The summed E-state index contributed by atoms with van der Waals surface area (Å²) in [6.07, 6.45) is 0.959. The molecule has 86 valence electrons. The average Bonchev–Trinajstić information content (AvgIpc) is 2.96. The third-order valence-electron chi connectivity index (χ3n) is 2.23. The van der Waals surface area contributed by atoms with E-state index < -0.39 is 0 Å². The van der Waals surface area contributed by atoms with E-state index in [1.807, 2.05) is 6.07 Å². The lowest BCUT2D eigenvalue weighted by molar-refractivity contribution is 0.500. The summed E-state index contributed by atoms with van der Waals surface area (Å²) in [7, 11) is 0. The topological polar surface area (TPSA) is 77.0 Å². The van der Waals surface area contributed by atoms with E-state index in [2.05, 4.69) is 33.9 Å². The van der Waals surface area contributed by atoms with E-state index >= 15 is 0 Å². The molecule has 2 heterocycles. The fourth-order valence-corrected chi connectivity index (χ4v) is 2.27. The molecule has 0 aliphatic heterocycles. The third kappa shape index (κ3) is 2.40. The maximum atomic E-state index is 5.40. The molecule has 0 saturated heterocycles. The normalized spacial score (nSPS) is 12.6. The molecule has 2 rings (SSSR count). The number of hydrogen-bond donors (Lipinski definition) is 2. The molecule has 1 unspecified atom stereocenters. The molecule has 0 fully saturated rings. The van der Waals surface area contributed by atoms with Crippen molar-refractivity contribution in [2.45, 2.75) is 25.9 Å². The Hall–Kier alpha value is -1.40. The number of anilines is 1. The van der Waals surface area contributed by atoms with E-state index in [1.54, 1.807) is 11.3 Å². The van der Waals surface area contributed by atoms with Crippen LogP contribution in [0.4, 0.5) is 6.01 Å². The van der Waals surface area contributed by atoms with Gasteiger partial charge in [0.05, 0.1) is 12.6 Å². The van der Waals surface area contributed by atoms with Crippen molar-refractivity contribution in [1.82, 2.24) is 10.2 Å². The molecule has 0 spiro atoms. The van der Waals surface area contributed by atoms with Crippen molar-refractivity contribution < 1.29 is 4.42 Å². The van der Waals surface area contributed by atoms with Crippen LogP contribution in [0.3, 0.4) is 0 Å². The van der Waals surface area contributed by atoms with Crippen molar-refractivity contribution in [3.05, 3.63) is 28.3 Å². The zero-order valence-electron chi connectivity index (χ0n) is 9.01.